The molecule has 1 aliphatic rings. The van der Waals surface area contributed by atoms with Crippen molar-refractivity contribution in [3.05, 3.63) is 52.3 Å². The van der Waals surface area contributed by atoms with Crippen LogP contribution in [0.5, 0.6) is 5.75 Å². The molecular formula is C16H16ClN2OS+. The first kappa shape index (κ1) is 14.3. The van der Waals surface area contributed by atoms with Crippen molar-refractivity contribution >= 4 is 35.1 Å². The molecule has 0 saturated carbocycles. The van der Waals surface area contributed by atoms with E-state index in [4.69, 9.17) is 16.3 Å². The number of methoxy groups -OCH3 is 1. The zero-order chi connectivity index (χ0) is 15.0. The van der Waals surface area contributed by atoms with E-state index in [1.54, 1.807) is 18.9 Å². The molecule has 1 aromatic carbocycles. The fraction of sp³-hybridized carbons (Fsp3) is 0.188. The molecule has 0 amide bonds. The standard InChI is InChI=1S/C16H16ClN2OS/c1-18-7-6-11(8-15(18)17)9-16-19(2)13-5-4-12(20-3)10-14(13)21-16/h4-10H,1-3H3/q+1. The SMILES string of the molecule is COc1ccc2c(c1)SC(=Cc1cc[n+](C)c(Cl)c1)N2C. The summed E-state index contributed by atoms with van der Waals surface area (Å²) >= 11 is 7.90. The number of rotatable bonds is 2. The smallest absolute Gasteiger partial charge is 0.275 e. The van der Waals surface area contributed by atoms with Crippen LogP contribution in [0.1, 0.15) is 5.56 Å². The second-order valence-corrected chi connectivity index (χ2v) is 6.32. The van der Waals surface area contributed by atoms with Crippen LogP contribution in [0, 0.1) is 0 Å². The Kier molecular flexibility index (Phi) is 3.83. The molecule has 0 atom stereocenters. The summed E-state index contributed by atoms with van der Waals surface area (Å²) in [5.41, 5.74) is 2.28. The van der Waals surface area contributed by atoms with Crippen molar-refractivity contribution in [1.29, 1.82) is 0 Å². The molecule has 0 saturated heterocycles. The number of halogens is 1. The second-order valence-electron chi connectivity index (χ2n) is 4.87. The molecule has 5 heteroatoms. The molecule has 0 aliphatic carbocycles. The van der Waals surface area contributed by atoms with Crippen LogP contribution < -0.4 is 14.2 Å². The van der Waals surface area contributed by atoms with Gasteiger partial charge in [-0.3, -0.25) is 0 Å². The third-order valence-corrected chi connectivity index (χ3v) is 5.00. The highest BCUT2D eigenvalue weighted by atomic mass is 35.5. The minimum absolute atomic E-state index is 0.717. The Morgan fingerprint density at radius 2 is 2.10 bits per heavy atom. The van der Waals surface area contributed by atoms with Gasteiger partial charge in [0.15, 0.2) is 6.20 Å². The minimum Gasteiger partial charge on any atom is -0.497 e. The number of benzene rings is 1. The Morgan fingerprint density at radius 1 is 1.29 bits per heavy atom. The maximum Gasteiger partial charge on any atom is 0.275 e. The highest BCUT2D eigenvalue weighted by Gasteiger charge is 2.22. The van der Waals surface area contributed by atoms with Crippen LogP contribution >= 0.6 is 23.4 Å². The van der Waals surface area contributed by atoms with Gasteiger partial charge in [-0.1, -0.05) is 11.8 Å². The lowest BCUT2D eigenvalue weighted by Gasteiger charge is -2.13. The predicted octanol–water partition coefficient (Wildman–Crippen LogP) is 3.71. The Bertz CT molecular complexity index is 730. The van der Waals surface area contributed by atoms with Gasteiger partial charge >= 0.3 is 0 Å². The topological polar surface area (TPSA) is 16.4 Å². The number of ether oxygens (including phenoxy) is 1. The molecule has 0 bridgehead atoms. The molecule has 1 aromatic heterocycles. The van der Waals surface area contributed by atoms with Gasteiger partial charge in [0.05, 0.1) is 17.8 Å². The van der Waals surface area contributed by atoms with Gasteiger partial charge in [0, 0.05) is 24.1 Å². The summed E-state index contributed by atoms with van der Waals surface area (Å²) in [6.07, 6.45) is 4.10. The number of aromatic nitrogens is 1. The number of pyridine rings is 1. The van der Waals surface area contributed by atoms with Crippen LogP contribution in [0.15, 0.2) is 46.5 Å². The summed E-state index contributed by atoms with van der Waals surface area (Å²) in [6.45, 7) is 0. The Balaban J connectivity index is 1.94. The van der Waals surface area contributed by atoms with Crippen molar-refractivity contribution in [3.63, 3.8) is 0 Å². The van der Waals surface area contributed by atoms with Crippen LogP contribution in [-0.2, 0) is 7.05 Å². The van der Waals surface area contributed by atoms with Gasteiger partial charge in [-0.15, -0.1) is 0 Å². The zero-order valence-electron chi connectivity index (χ0n) is 12.1. The van der Waals surface area contributed by atoms with Gasteiger partial charge < -0.3 is 9.64 Å². The van der Waals surface area contributed by atoms with Gasteiger partial charge in [-0.2, -0.15) is 4.57 Å². The van der Waals surface area contributed by atoms with Crippen LogP contribution in [0.25, 0.3) is 6.08 Å². The molecule has 0 radical (unpaired) electrons. The highest BCUT2D eigenvalue weighted by molar-refractivity contribution is 8.03. The van der Waals surface area contributed by atoms with E-state index < -0.39 is 0 Å². The average molecular weight is 320 g/mol. The van der Waals surface area contributed by atoms with Crippen molar-refractivity contribution in [3.8, 4) is 5.75 Å². The summed E-state index contributed by atoms with van der Waals surface area (Å²) in [5.74, 6) is 0.880. The van der Waals surface area contributed by atoms with E-state index in [9.17, 15) is 0 Å². The number of hydrogen-bond donors (Lipinski definition) is 0. The lowest BCUT2D eigenvalue weighted by molar-refractivity contribution is -0.669. The first-order valence-electron chi connectivity index (χ1n) is 6.55. The molecular weight excluding hydrogens is 304 g/mol. The van der Waals surface area contributed by atoms with Gasteiger partial charge in [0.2, 0.25) is 0 Å². The molecule has 3 rings (SSSR count). The first-order chi connectivity index (χ1) is 10.1. The second kappa shape index (κ2) is 5.62. The number of thioether (sulfide) groups is 1. The van der Waals surface area contributed by atoms with Crippen molar-refractivity contribution in [2.24, 2.45) is 7.05 Å². The predicted molar refractivity (Wildman–Crippen MR) is 87.9 cm³/mol. The van der Waals surface area contributed by atoms with Gasteiger partial charge in [0.25, 0.3) is 5.15 Å². The van der Waals surface area contributed by atoms with Crippen LogP contribution in [0.3, 0.4) is 0 Å². The van der Waals surface area contributed by atoms with Crippen molar-refractivity contribution in [1.82, 2.24) is 0 Å². The molecule has 0 N–H and O–H groups in total. The lowest BCUT2D eigenvalue weighted by atomic mass is 10.2. The largest absolute Gasteiger partial charge is 0.497 e. The van der Waals surface area contributed by atoms with E-state index in [0.29, 0.717) is 5.15 Å². The molecule has 0 fully saturated rings. The van der Waals surface area contributed by atoms with Gasteiger partial charge in [0.1, 0.15) is 12.8 Å². The number of fused-ring (bicyclic) bond motifs is 1. The minimum atomic E-state index is 0.717. The third-order valence-electron chi connectivity index (χ3n) is 3.48. The fourth-order valence-electron chi connectivity index (χ4n) is 2.20. The summed E-state index contributed by atoms with van der Waals surface area (Å²) in [4.78, 5) is 3.39. The molecule has 3 nitrogen and oxygen atoms in total. The average Bonchev–Trinajstić information content (AvgIpc) is 2.79. The Labute approximate surface area is 133 Å². The van der Waals surface area contributed by atoms with Crippen molar-refractivity contribution in [2.45, 2.75) is 4.90 Å². The van der Waals surface area contributed by atoms with E-state index in [0.717, 1.165) is 11.3 Å². The molecule has 108 valence electrons. The number of nitrogens with zero attached hydrogens (tertiary/aromatic N) is 2. The Hall–Kier alpha value is -1.65. The van der Waals surface area contributed by atoms with Crippen LogP contribution in [0.4, 0.5) is 5.69 Å². The van der Waals surface area contributed by atoms with Gasteiger partial charge in [-0.25, -0.2) is 0 Å². The van der Waals surface area contributed by atoms with Crippen molar-refractivity contribution in [2.75, 3.05) is 19.1 Å². The summed E-state index contributed by atoms with van der Waals surface area (Å²) in [7, 11) is 5.69. The normalized spacial score (nSPS) is 15.4. The van der Waals surface area contributed by atoms with E-state index >= 15 is 0 Å². The number of anilines is 1. The molecule has 0 unspecified atom stereocenters. The quantitative estimate of drug-likeness (QED) is 0.620. The molecule has 2 aromatic rings. The molecule has 0 spiro atoms. The maximum atomic E-state index is 6.16. The fourth-order valence-corrected chi connectivity index (χ4v) is 3.52. The number of hydrogen-bond acceptors (Lipinski definition) is 3. The maximum absolute atomic E-state index is 6.16. The van der Waals surface area contributed by atoms with Crippen molar-refractivity contribution < 1.29 is 9.30 Å². The van der Waals surface area contributed by atoms with E-state index in [1.807, 2.05) is 29.9 Å². The van der Waals surface area contributed by atoms with Crippen LogP contribution in [-0.4, -0.2) is 14.2 Å². The summed E-state index contributed by atoms with van der Waals surface area (Å²) in [5, 5.41) is 1.89. The third kappa shape index (κ3) is 2.74. The molecule has 21 heavy (non-hydrogen) atoms. The highest BCUT2D eigenvalue weighted by Crippen LogP contribution is 2.47. The van der Waals surface area contributed by atoms with Gasteiger partial charge in [-0.05, 0) is 41.4 Å². The first-order valence-corrected chi connectivity index (χ1v) is 7.74. The summed E-state index contributed by atoms with van der Waals surface area (Å²) < 4.78 is 7.17. The van der Waals surface area contributed by atoms with Crippen LogP contribution in [0.2, 0.25) is 5.15 Å². The molecule has 1 aliphatic heterocycles. The van der Waals surface area contributed by atoms with E-state index in [1.165, 1.54) is 15.6 Å². The van der Waals surface area contributed by atoms with E-state index in [2.05, 4.69) is 36.2 Å². The van der Waals surface area contributed by atoms with E-state index in [-0.39, 0.29) is 0 Å². The summed E-state index contributed by atoms with van der Waals surface area (Å²) in [6, 6.07) is 10.1. The zero-order valence-corrected chi connectivity index (χ0v) is 13.7. The lowest BCUT2D eigenvalue weighted by Crippen LogP contribution is -2.28. The Morgan fingerprint density at radius 3 is 2.81 bits per heavy atom. The molecule has 2 heterocycles. The monoisotopic (exact) mass is 319 g/mol. The number of aryl methyl sites for hydroxylation is 1.